The van der Waals surface area contributed by atoms with Crippen molar-refractivity contribution in [2.24, 2.45) is 5.10 Å². The van der Waals surface area contributed by atoms with E-state index in [9.17, 15) is 9.18 Å². The van der Waals surface area contributed by atoms with E-state index < -0.39 is 0 Å². The smallest absolute Gasteiger partial charge is 0.250 e. The predicted octanol–water partition coefficient (Wildman–Crippen LogP) is 5.09. The fourth-order valence-corrected chi connectivity index (χ4v) is 5.01. The molecule has 1 amide bonds. The number of nitrogens with one attached hydrogen (secondary N) is 1. The van der Waals surface area contributed by atoms with Crippen molar-refractivity contribution in [2.75, 3.05) is 5.75 Å². The van der Waals surface area contributed by atoms with Crippen molar-refractivity contribution in [3.8, 4) is 5.69 Å². The van der Waals surface area contributed by atoms with E-state index >= 15 is 0 Å². The number of carbonyl (C=O) groups excluding carboxylic acids is 1. The number of hydrogen-bond acceptors (Lipinski definition) is 5. The number of amides is 1. The number of hydrazone groups is 1. The summed E-state index contributed by atoms with van der Waals surface area (Å²) in [5, 5.41) is 4.09. The zero-order valence-corrected chi connectivity index (χ0v) is 18.1. The molecular weight excluding hydrogens is 419 g/mol. The van der Waals surface area contributed by atoms with E-state index in [0.29, 0.717) is 0 Å². The molecule has 0 aliphatic heterocycles. The van der Waals surface area contributed by atoms with Gasteiger partial charge in [-0.2, -0.15) is 5.10 Å². The number of rotatable bonds is 6. The van der Waals surface area contributed by atoms with E-state index in [1.807, 2.05) is 48.7 Å². The summed E-state index contributed by atoms with van der Waals surface area (Å²) >= 11 is 2.97. The first-order chi connectivity index (χ1) is 14.5. The SMILES string of the molecule is Cc1cc(/C=N/NC(=O)CSc2nc3ccccc3s2)c(C)n1-c1ccc(F)cc1. The molecule has 30 heavy (non-hydrogen) atoms. The van der Waals surface area contributed by atoms with Crippen LogP contribution in [-0.2, 0) is 4.79 Å². The average Bonchev–Trinajstić information content (AvgIpc) is 3.27. The zero-order chi connectivity index (χ0) is 21.1. The van der Waals surface area contributed by atoms with Crippen molar-refractivity contribution in [3.63, 3.8) is 0 Å². The number of nitrogens with zero attached hydrogens (tertiary/aromatic N) is 3. The quantitative estimate of drug-likeness (QED) is 0.259. The summed E-state index contributed by atoms with van der Waals surface area (Å²) < 4.78 is 17.2. The Balaban J connectivity index is 1.37. The molecule has 0 atom stereocenters. The van der Waals surface area contributed by atoms with E-state index in [1.54, 1.807) is 29.7 Å². The van der Waals surface area contributed by atoms with E-state index in [0.717, 1.165) is 37.2 Å². The van der Waals surface area contributed by atoms with Crippen molar-refractivity contribution >= 4 is 45.4 Å². The Labute approximate surface area is 181 Å². The molecule has 0 aliphatic rings. The third-order valence-electron chi connectivity index (χ3n) is 4.55. The molecule has 5 nitrogen and oxygen atoms in total. The van der Waals surface area contributed by atoms with Crippen molar-refractivity contribution in [3.05, 3.63) is 77.4 Å². The second-order valence-corrected chi connectivity index (χ2v) is 8.92. The molecule has 0 spiro atoms. The highest BCUT2D eigenvalue weighted by Crippen LogP contribution is 2.29. The number of halogens is 1. The molecule has 152 valence electrons. The van der Waals surface area contributed by atoms with E-state index in [4.69, 9.17) is 0 Å². The lowest BCUT2D eigenvalue weighted by molar-refractivity contribution is -0.118. The Kier molecular flexibility index (Phi) is 5.96. The van der Waals surface area contributed by atoms with Crippen LogP contribution in [0.3, 0.4) is 0 Å². The van der Waals surface area contributed by atoms with E-state index in [-0.39, 0.29) is 17.5 Å². The van der Waals surface area contributed by atoms with Crippen LogP contribution in [0.1, 0.15) is 17.0 Å². The van der Waals surface area contributed by atoms with E-state index in [1.165, 1.54) is 23.9 Å². The van der Waals surface area contributed by atoms with Gasteiger partial charge in [-0.1, -0.05) is 23.9 Å². The third-order valence-corrected chi connectivity index (χ3v) is 6.73. The largest absolute Gasteiger partial charge is 0.318 e. The number of carbonyl (C=O) groups is 1. The van der Waals surface area contributed by atoms with Crippen molar-refractivity contribution in [1.82, 2.24) is 15.0 Å². The Morgan fingerprint density at radius 2 is 2.00 bits per heavy atom. The van der Waals surface area contributed by atoms with Crippen LogP contribution in [0.2, 0.25) is 0 Å². The molecule has 0 saturated carbocycles. The number of benzene rings is 2. The molecule has 2 heterocycles. The topological polar surface area (TPSA) is 59.3 Å². The molecule has 0 bridgehead atoms. The van der Waals surface area contributed by atoms with Gasteiger partial charge < -0.3 is 4.57 Å². The third kappa shape index (κ3) is 4.44. The van der Waals surface area contributed by atoms with Crippen LogP contribution in [0.5, 0.6) is 0 Å². The highest BCUT2D eigenvalue weighted by atomic mass is 32.2. The standard InChI is InChI=1S/C22H19FN4OS2/c1-14-11-16(15(2)27(14)18-9-7-17(23)8-10-18)12-24-26-21(28)13-29-22-25-19-5-3-4-6-20(19)30-22/h3-12H,13H2,1-2H3,(H,26,28)/b24-12+. The Morgan fingerprint density at radius 3 is 2.77 bits per heavy atom. The van der Waals surface area contributed by atoms with Gasteiger partial charge in [0.15, 0.2) is 4.34 Å². The molecular formula is C22H19FN4OS2. The second kappa shape index (κ2) is 8.81. The van der Waals surface area contributed by atoms with E-state index in [2.05, 4.69) is 15.5 Å². The van der Waals surface area contributed by atoms with Gasteiger partial charge in [-0.15, -0.1) is 11.3 Å². The number of fused-ring (bicyclic) bond motifs is 1. The average molecular weight is 439 g/mol. The molecule has 4 rings (SSSR count). The summed E-state index contributed by atoms with van der Waals surface area (Å²) in [4.78, 5) is 16.6. The Morgan fingerprint density at radius 1 is 1.23 bits per heavy atom. The molecule has 1 N–H and O–H groups in total. The zero-order valence-electron chi connectivity index (χ0n) is 16.4. The minimum atomic E-state index is -0.269. The number of thioether (sulfide) groups is 1. The maximum Gasteiger partial charge on any atom is 0.250 e. The monoisotopic (exact) mass is 438 g/mol. The molecule has 8 heteroatoms. The van der Waals surface area contributed by atoms with Gasteiger partial charge in [-0.3, -0.25) is 4.79 Å². The van der Waals surface area contributed by atoms with Gasteiger partial charge in [0, 0.05) is 22.6 Å². The maximum absolute atomic E-state index is 13.2. The number of aromatic nitrogens is 2. The maximum atomic E-state index is 13.2. The molecule has 0 aliphatic carbocycles. The molecule has 0 unspecified atom stereocenters. The highest BCUT2D eigenvalue weighted by molar-refractivity contribution is 8.01. The lowest BCUT2D eigenvalue weighted by Gasteiger charge is -2.09. The summed E-state index contributed by atoms with van der Waals surface area (Å²) in [5.74, 6) is -0.219. The van der Waals surface area contributed by atoms with Crippen LogP contribution in [0.15, 0.2) is 64.0 Å². The van der Waals surface area contributed by atoms with Gasteiger partial charge in [0.25, 0.3) is 5.91 Å². The van der Waals surface area contributed by atoms with Crippen LogP contribution in [-0.4, -0.2) is 27.4 Å². The predicted molar refractivity (Wildman–Crippen MR) is 121 cm³/mol. The number of hydrogen-bond donors (Lipinski definition) is 1. The molecule has 0 radical (unpaired) electrons. The molecule has 2 aromatic carbocycles. The highest BCUT2D eigenvalue weighted by Gasteiger charge is 2.10. The van der Waals surface area contributed by atoms with Gasteiger partial charge in [0.2, 0.25) is 0 Å². The summed E-state index contributed by atoms with van der Waals surface area (Å²) in [6, 6.07) is 16.2. The van der Waals surface area contributed by atoms with Crippen molar-refractivity contribution in [2.45, 2.75) is 18.2 Å². The Hall–Kier alpha value is -2.97. The molecule has 0 saturated heterocycles. The van der Waals surface area contributed by atoms with Crippen molar-refractivity contribution < 1.29 is 9.18 Å². The van der Waals surface area contributed by atoms with Gasteiger partial charge in [-0.05, 0) is 56.3 Å². The minimum absolute atomic E-state index is 0.192. The minimum Gasteiger partial charge on any atom is -0.318 e. The van der Waals surface area contributed by atoms with Crippen LogP contribution >= 0.6 is 23.1 Å². The summed E-state index contributed by atoms with van der Waals surface area (Å²) in [5.41, 5.74) is 7.23. The lowest BCUT2D eigenvalue weighted by atomic mass is 10.2. The summed E-state index contributed by atoms with van der Waals surface area (Å²) in [6.07, 6.45) is 1.63. The van der Waals surface area contributed by atoms with Crippen LogP contribution in [0.4, 0.5) is 4.39 Å². The first kappa shape index (κ1) is 20.3. The second-order valence-electron chi connectivity index (χ2n) is 6.67. The summed E-state index contributed by atoms with van der Waals surface area (Å²) in [6.45, 7) is 3.93. The number of thiazole rings is 1. The van der Waals surface area contributed by atoms with Crippen LogP contribution < -0.4 is 5.43 Å². The fraction of sp³-hybridized carbons (Fsp3) is 0.136. The van der Waals surface area contributed by atoms with Crippen LogP contribution in [0.25, 0.3) is 15.9 Å². The molecule has 0 fully saturated rings. The number of aryl methyl sites for hydroxylation is 1. The first-order valence-corrected chi connectivity index (χ1v) is 11.1. The fourth-order valence-electron chi connectivity index (χ4n) is 3.15. The molecule has 4 aromatic rings. The van der Waals surface area contributed by atoms with Crippen LogP contribution in [0, 0.1) is 19.7 Å². The lowest BCUT2D eigenvalue weighted by Crippen LogP contribution is -2.19. The Bertz CT molecular complexity index is 1190. The van der Waals surface area contributed by atoms with Gasteiger partial charge in [0.1, 0.15) is 5.82 Å². The first-order valence-electron chi connectivity index (χ1n) is 9.26. The number of para-hydroxylation sites is 1. The van der Waals surface area contributed by atoms with Crippen molar-refractivity contribution in [1.29, 1.82) is 0 Å². The summed E-state index contributed by atoms with van der Waals surface area (Å²) in [7, 11) is 0. The van der Waals surface area contributed by atoms with Gasteiger partial charge in [0.05, 0.1) is 22.2 Å². The van der Waals surface area contributed by atoms with Gasteiger partial charge >= 0.3 is 0 Å². The molecule has 2 aromatic heterocycles. The van der Waals surface area contributed by atoms with Gasteiger partial charge in [-0.25, -0.2) is 14.8 Å². The normalized spacial score (nSPS) is 11.4.